The van der Waals surface area contributed by atoms with E-state index in [1.165, 1.54) is 22.9 Å². The van der Waals surface area contributed by atoms with Gasteiger partial charge in [0, 0.05) is 74.5 Å². The third kappa shape index (κ3) is 5.61. The molecule has 6 aromatic rings. The number of nitrogens with zero attached hydrogens (tertiary/aromatic N) is 7. The van der Waals surface area contributed by atoms with Gasteiger partial charge in [-0.25, -0.2) is 9.67 Å². The van der Waals surface area contributed by atoms with Gasteiger partial charge >= 0.3 is 12.4 Å². The lowest BCUT2D eigenvalue weighted by atomic mass is 10.0. The van der Waals surface area contributed by atoms with Crippen molar-refractivity contribution in [1.29, 1.82) is 0 Å². The van der Waals surface area contributed by atoms with Gasteiger partial charge in [-0.3, -0.25) is 4.79 Å². The van der Waals surface area contributed by atoms with Crippen molar-refractivity contribution in [2.45, 2.75) is 25.4 Å². The molecule has 0 bridgehead atoms. The summed E-state index contributed by atoms with van der Waals surface area (Å²) >= 11 is 0. The van der Waals surface area contributed by atoms with E-state index in [2.05, 4.69) is 20.6 Å². The Hall–Kier alpha value is -5.38. The smallest absolute Gasteiger partial charge is 0.383 e. The van der Waals surface area contributed by atoms with Gasteiger partial charge in [-0.2, -0.15) is 26.3 Å². The Kier molecular flexibility index (Phi) is 7.61. The molecule has 0 unspecified atom stereocenters. The number of hydrogen-bond donors (Lipinski definition) is 2. The number of rotatable bonds is 6. The molecule has 2 aromatic carbocycles. The van der Waals surface area contributed by atoms with E-state index in [1.807, 2.05) is 29.1 Å². The van der Waals surface area contributed by atoms with Gasteiger partial charge in [0.15, 0.2) is 5.52 Å². The molecule has 1 aliphatic rings. The van der Waals surface area contributed by atoms with Crippen LogP contribution in [0.2, 0.25) is 0 Å². The van der Waals surface area contributed by atoms with Crippen LogP contribution in [-0.4, -0.2) is 55.3 Å². The van der Waals surface area contributed by atoms with Crippen molar-refractivity contribution in [3.8, 4) is 16.8 Å². The van der Waals surface area contributed by atoms with Crippen LogP contribution in [0.4, 0.5) is 37.8 Å². The Morgan fingerprint density at radius 3 is 2.29 bits per heavy atom. The van der Waals surface area contributed by atoms with E-state index in [1.54, 1.807) is 23.1 Å². The summed E-state index contributed by atoms with van der Waals surface area (Å²) in [6.45, 7) is 2.45. The highest BCUT2D eigenvalue weighted by atomic mass is 19.4. The molecule has 0 atom stereocenters. The molecule has 1 saturated heterocycles. The average molecular weight is 668 g/mol. The monoisotopic (exact) mass is 667 g/mol. The molecule has 0 amide bonds. The molecule has 0 aliphatic carbocycles. The molecular formula is C32H27F6N9O. The van der Waals surface area contributed by atoms with Crippen molar-refractivity contribution in [2.75, 3.05) is 36.8 Å². The highest BCUT2D eigenvalue weighted by Gasteiger charge is 2.36. The molecule has 48 heavy (non-hydrogen) atoms. The topological polar surface area (TPSA) is 112 Å². The fourth-order valence-corrected chi connectivity index (χ4v) is 6.11. The van der Waals surface area contributed by atoms with Crippen molar-refractivity contribution in [3.63, 3.8) is 0 Å². The summed E-state index contributed by atoms with van der Waals surface area (Å²) in [5.74, 6) is -0.680. The van der Waals surface area contributed by atoms with Crippen molar-refractivity contribution in [3.05, 3.63) is 94.7 Å². The molecule has 0 spiro atoms. The maximum absolute atomic E-state index is 14.5. The Morgan fingerprint density at radius 2 is 1.58 bits per heavy atom. The molecule has 0 radical (unpaired) electrons. The third-order valence-corrected chi connectivity index (χ3v) is 8.45. The van der Waals surface area contributed by atoms with E-state index in [4.69, 9.17) is 5.73 Å². The van der Waals surface area contributed by atoms with Gasteiger partial charge < -0.3 is 25.1 Å². The van der Waals surface area contributed by atoms with Crippen LogP contribution >= 0.6 is 0 Å². The van der Waals surface area contributed by atoms with E-state index < -0.39 is 34.9 Å². The van der Waals surface area contributed by atoms with E-state index in [0.29, 0.717) is 49.2 Å². The number of piperazine rings is 1. The van der Waals surface area contributed by atoms with Gasteiger partial charge in [0.1, 0.15) is 11.3 Å². The summed E-state index contributed by atoms with van der Waals surface area (Å²) in [6, 6.07) is 13.1. The minimum Gasteiger partial charge on any atom is -0.383 e. The van der Waals surface area contributed by atoms with Crippen molar-refractivity contribution in [2.24, 2.45) is 0 Å². The standard InChI is InChI=1S/C32H27F6N9O/c33-31(34,35)23-17-21(4-6-26(23)45-11-7-40-8-12-45)47-28-22-15-19(20-16-24(32(36,37)38)29(39)41-18-20)3-5-25(22)46(30(48)27(28)42-43-47)14-13-44-9-1-2-10-44/h1-6,9-10,15-18,40H,7-8,11-14H2,(H2,39,41). The van der Waals surface area contributed by atoms with Crippen LogP contribution in [0, 0.1) is 0 Å². The van der Waals surface area contributed by atoms with E-state index >= 15 is 0 Å². The number of aromatic nitrogens is 6. The largest absolute Gasteiger partial charge is 0.419 e. The number of nitrogen functional groups attached to an aromatic ring is 1. The summed E-state index contributed by atoms with van der Waals surface area (Å²) in [6.07, 6.45) is -4.61. The highest BCUT2D eigenvalue weighted by Crippen LogP contribution is 2.39. The number of nitrogens with one attached hydrogen (secondary N) is 1. The number of benzene rings is 2. The number of fused-ring (bicyclic) bond motifs is 3. The predicted octanol–water partition coefficient (Wildman–Crippen LogP) is 5.33. The number of pyridine rings is 2. The zero-order chi connectivity index (χ0) is 33.8. The summed E-state index contributed by atoms with van der Waals surface area (Å²) in [7, 11) is 0. The van der Waals surface area contributed by atoms with Gasteiger partial charge in [-0.05, 0) is 54.1 Å². The maximum atomic E-state index is 14.5. The fourth-order valence-electron chi connectivity index (χ4n) is 6.11. The molecule has 4 aromatic heterocycles. The number of halogens is 6. The summed E-state index contributed by atoms with van der Waals surface area (Å²) < 4.78 is 89.0. The molecule has 3 N–H and O–H groups in total. The zero-order valence-corrected chi connectivity index (χ0v) is 25.1. The Balaban J connectivity index is 1.45. The second kappa shape index (κ2) is 11.7. The van der Waals surface area contributed by atoms with Gasteiger partial charge in [-0.15, -0.1) is 5.10 Å². The first-order valence-electron chi connectivity index (χ1n) is 14.9. The second-order valence-electron chi connectivity index (χ2n) is 11.4. The number of aryl methyl sites for hydroxylation is 2. The van der Waals surface area contributed by atoms with E-state index in [-0.39, 0.29) is 34.5 Å². The lowest BCUT2D eigenvalue weighted by Gasteiger charge is -2.31. The van der Waals surface area contributed by atoms with Gasteiger partial charge in [-0.1, -0.05) is 11.3 Å². The van der Waals surface area contributed by atoms with E-state index in [0.717, 1.165) is 16.8 Å². The Labute approximate surface area is 268 Å². The van der Waals surface area contributed by atoms with Crippen molar-refractivity contribution in [1.82, 2.24) is 34.4 Å². The first-order valence-corrected chi connectivity index (χ1v) is 14.9. The number of nitrogens with two attached hydrogens (primary N) is 1. The third-order valence-electron chi connectivity index (χ3n) is 8.45. The molecule has 16 heteroatoms. The molecular weight excluding hydrogens is 640 g/mol. The molecule has 1 aliphatic heterocycles. The first kappa shape index (κ1) is 31.2. The summed E-state index contributed by atoms with van der Waals surface area (Å²) in [4.78, 5) is 19.3. The maximum Gasteiger partial charge on any atom is 0.419 e. The van der Waals surface area contributed by atoms with Crippen molar-refractivity contribution >= 4 is 33.4 Å². The number of anilines is 2. The predicted molar refractivity (Wildman–Crippen MR) is 168 cm³/mol. The van der Waals surface area contributed by atoms with E-state index in [9.17, 15) is 31.1 Å². The van der Waals surface area contributed by atoms with Crippen LogP contribution in [0.3, 0.4) is 0 Å². The lowest BCUT2D eigenvalue weighted by Crippen LogP contribution is -2.44. The van der Waals surface area contributed by atoms with Crippen LogP contribution < -0.4 is 21.5 Å². The van der Waals surface area contributed by atoms with Gasteiger partial charge in [0.05, 0.1) is 22.3 Å². The number of hydrogen-bond acceptors (Lipinski definition) is 7. The Bertz CT molecular complexity index is 2200. The van der Waals surface area contributed by atoms with Crippen LogP contribution in [0.15, 0.2) is 78.0 Å². The number of alkyl halides is 6. The van der Waals surface area contributed by atoms with Crippen LogP contribution in [0.25, 0.3) is 38.8 Å². The van der Waals surface area contributed by atoms with Gasteiger partial charge in [0.25, 0.3) is 5.56 Å². The second-order valence-corrected chi connectivity index (χ2v) is 11.4. The fraction of sp³-hybridized carbons (Fsp3) is 0.250. The van der Waals surface area contributed by atoms with Crippen molar-refractivity contribution < 1.29 is 26.3 Å². The van der Waals surface area contributed by atoms with Crippen LogP contribution in [0.1, 0.15) is 11.1 Å². The summed E-state index contributed by atoms with van der Waals surface area (Å²) in [5.41, 5.74) is 3.82. The van der Waals surface area contributed by atoms with Crippen LogP contribution in [-0.2, 0) is 25.4 Å². The highest BCUT2D eigenvalue weighted by molar-refractivity contribution is 6.04. The Morgan fingerprint density at radius 1 is 0.854 bits per heavy atom. The molecule has 5 heterocycles. The SMILES string of the molecule is Nc1ncc(-c2ccc3c(c2)c2c(nnn2-c2ccc(N4CCNCC4)c(C(F)(F)F)c2)c(=O)n3CCn2cccc2)cc1C(F)(F)F. The normalized spacial score (nSPS) is 14.3. The minimum absolute atomic E-state index is 0.00779. The minimum atomic E-state index is -4.76. The molecule has 248 valence electrons. The zero-order valence-electron chi connectivity index (χ0n) is 25.1. The van der Waals surface area contributed by atoms with Crippen LogP contribution in [0.5, 0.6) is 0 Å². The molecule has 10 nitrogen and oxygen atoms in total. The lowest BCUT2D eigenvalue weighted by molar-refractivity contribution is -0.137. The molecule has 7 rings (SSSR count). The first-order chi connectivity index (χ1) is 22.9. The molecule has 0 saturated carbocycles. The van der Waals surface area contributed by atoms with Gasteiger partial charge in [0.2, 0.25) is 0 Å². The summed E-state index contributed by atoms with van der Waals surface area (Å²) in [5, 5.41) is 11.7. The quantitative estimate of drug-likeness (QED) is 0.231. The average Bonchev–Trinajstić information content (AvgIpc) is 3.75. The molecule has 1 fully saturated rings.